The quantitative estimate of drug-likeness (QED) is 0.282. The molecule has 0 unspecified atom stereocenters. The van der Waals surface area contributed by atoms with Crippen molar-refractivity contribution in [2.45, 2.75) is 25.5 Å². The van der Waals surface area contributed by atoms with E-state index >= 15 is 0 Å². The Morgan fingerprint density at radius 2 is 2.00 bits per heavy atom. The highest BCUT2D eigenvalue weighted by Gasteiger charge is 2.15. The molecule has 1 atom stereocenters. The van der Waals surface area contributed by atoms with E-state index < -0.39 is 6.10 Å². The predicted molar refractivity (Wildman–Crippen MR) is 120 cm³/mol. The zero-order valence-electron chi connectivity index (χ0n) is 17.1. The second kappa shape index (κ2) is 11.2. The van der Waals surface area contributed by atoms with Crippen LogP contribution in [-0.2, 0) is 17.7 Å². The van der Waals surface area contributed by atoms with Gasteiger partial charge in [-0.15, -0.1) is 0 Å². The van der Waals surface area contributed by atoms with E-state index in [1.54, 1.807) is 13.2 Å². The van der Waals surface area contributed by atoms with Gasteiger partial charge in [0.15, 0.2) is 0 Å². The molecule has 0 fully saturated rings. The highest BCUT2D eigenvalue weighted by Crippen LogP contribution is 2.31. The summed E-state index contributed by atoms with van der Waals surface area (Å²) in [5.41, 5.74) is 3.51. The molecule has 0 aliphatic rings. The molecule has 0 aliphatic carbocycles. The van der Waals surface area contributed by atoms with Gasteiger partial charge in [-0.3, -0.25) is 4.79 Å². The van der Waals surface area contributed by atoms with Crippen LogP contribution in [-0.4, -0.2) is 48.5 Å². The summed E-state index contributed by atoms with van der Waals surface area (Å²) in [6.07, 6.45) is 1.09. The van der Waals surface area contributed by atoms with E-state index in [9.17, 15) is 15.0 Å². The van der Waals surface area contributed by atoms with Crippen molar-refractivity contribution in [1.29, 1.82) is 0 Å². The van der Waals surface area contributed by atoms with Crippen LogP contribution in [0.25, 0.3) is 10.2 Å². The molecule has 1 heterocycles. The summed E-state index contributed by atoms with van der Waals surface area (Å²) in [7, 11) is 1.71. The summed E-state index contributed by atoms with van der Waals surface area (Å²) >= 11 is 0.998. The van der Waals surface area contributed by atoms with E-state index in [0.717, 1.165) is 50.4 Å². The molecule has 3 rings (SSSR count). The first-order chi connectivity index (χ1) is 14.6. The number of hydrogen-bond acceptors (Lipinski definition) is 7. The third-order valence-corrected chi connectivity index (χ3v) is 5.83. The number of aromatic hydroxyl groups is 1. The lowest BCUT2D eigenvalue weighted by atomic mass is 10.1. The van der Waals surface area contributed by atoms with Gasteiger partial charge in [0.25, 0.3) is 0 Å². The topological polar surface area (TPSA) is 107 Å². The minimum absolute atomic E-state index is 0.0142. The van der Waals surface area contributed by atoms with E-state index in [1.165, 1.54) is 17.2 Å². The van der Waals surface area contributed by atoms with Crippen LogP contribution in [0.4, 0.5) is 0 Å². The summed E-state index contributed by atoms with van der Waals surface area (Å²) in [4.78, 5) is 14.0. The molecule has 0 bridgehead atoms. The largest absolute Gasteiger partial charge is 0.506 e. The summed E-state index contributed by atoms with van der Waals surface area (Å²) in [5, 5.41) is 27.1. The second-order valence-corrected chi connectivity index (χ2v) is 8.19. The van der Waals surface area contributed by atoms with Crippen molar-refractivity contribution in [1.82, 2.24) is 15.6 Å². The molecule has 0 radical (unpaired) electrons. The number of phenolic OH excluding ortho intramolecular Hbond substituents is 1. The number of nitrogens with one attached hydrogen (secondary N) is 3. The first-order valence-corrected chi connectivity index (χ1v) is 10.9. The van der Waals surface area contributed by atoms with Gasteiger partial charge in [-0.2, -0.15) is 0 Å². The number of aromatic amines is 1. The van der Waals surface area contributed by atoms with Crippen LogP contribution in [0.5, 0.6) is 5.75 Å². The van der Waals surface area contributed by atoms with E-state index in [2.05, 4.69) is 39.9 Å². The molecule has 0 spiro atoms. The van der Waals surface area contributed by atoms with Gasteiger partial charge in [-0.25, -0.2) is 0 Å². The van der Waals surface area contributed by atoms with E-state index in [4.69, 9.17) is 4.74 Å². The lowest BCUT2D eigenvalue weighted by Crippen LogP contribution is -2.24. The Hall–Kier alpha value is -2.23. The minimum Gasteiger partial charge on any atom is -0.506 e. The molecule has 1 aromatic heterocycles. The standard InChI is InChI=1S/C22H29N3O4S/c1-29-11-3-9-23-13-16-5-2-4-15(12-16)8-10-24-14-19(27)17-6-7-18(26)20-21(17)30-22(28)25-20/h2,4-7,12,19,23-24,26-27H,3,8-11,13-14H2,1H3,(H,25,28)/t19-/m0/s1. The zero-order valence-corrected chi connectivity index (χ0v) is 17.9. The van der Waals surface area contributed by atoms with E-state index in [1.807, 2.05) is 0 Å². The van der Waals surface area contributed by atoms with Crippen LogP contribution < -0.4 is 15.5 Å². The average molecular weight is 432 g/mol. The van der Waals surface area contributed by atoms with Gasteiger partial charge < -0.3 is 30.6 Å². The monoisotopic (exact) mass is 431 g/mol. The molecule has 0 amide bonds. The molecule has 0 saturated heterocycles. The molecule has 7 nitrogen and oxygen atoms in total. The van der Waals surface area contributed by atoms with Crippen molar-refractivity contribution >= 4 is 21.6 Å². The maximum atomic E-state index is 11.6. The number of ether oxygens (including phenoxy) is 1. The molecular formula is C22H29N3O4S. The van der Waals surface area contributed by atoms with E-state index in [0.29, 0.717) is 22.3 Å². The molecular weight excluding hydrogens is 402 g/mol. The van der Waals surface area contributed by atoms with Crippen molar-refractivity contribution in [2.24, 2.45) is 0 Å². The van der Waals surface area contributed by atoms with Crippen LogP contribution >= 0.6 is 11.3 Å². The minimum atomic E-state index is -0.762. The third-order valence-electron chi connectivity index (χ3n) is 4.90. The Kier molecular flexibility index (Phi) is 8.41. The Balaban J connectivity index is 1.47. The SMILES string of the molecule is COCCCNCc1cccc(CCNC[C@H](O)c2ccc(O)c3[nH]c(=O)sc23)c1. The smallest absolute Gasteiger partial charge is 0.305 e. The maximum absolute atomic E-state index is 11.6. The first-order valence-electron chi connectivity index (χ1n) is 10.1. The molecule has 5 N–H and O–H groups in total. The number of thiazole rings is 1. The summed E-state index contributed by atoms with van der Waals surface area (Å²) in [6, 6.07) is 11.6. The number of H-pyrrole nitrogens is 1. The number of methoxy groups -OCH3 is 1. The Morgan fingerprint density at radius 1 is 1.17 bits per heavy atom. The molecule has 3 aromatic rings. The van der Waals surface area contributed by atoms with Crippen molar-refractivity contribution in [3.63, 3.8) is 0 Å². The molecule has 0 saturated carbocycles. The Labute approximate surface area is 179 Å². The third kappa shape index (κ3) is 6.13. The van der Waals surface area contributed by atoms with Gasteiger partial charge in [0.1, 0.15) is 11.3 Å². The number of fused-ring (bicyclic) bond motifs is 1. The van der Waals surface area contributed by atoms with Crippen LogP contribution in [0, 0.1) is 0 Å². The maximum Gasteiger partial charge on any atom is 0.305 e. The van der Waals surface area contributed by atoms with Gasteiger partial charge in [-0.1, -0.05) is 41.7 Å². The fourth-order valence-electron chi connectivity index (χ4n) is 3.35. The van der Waals surface area contributed by atoms with Crippen LogP contribution in [0.15, 0.2) is 41.2 Å². The van der Waals surface area contributed by atoms with Crippen molar-refractivity contribution in [3.8, 4) is 5.75 Å². The Bertz CT molecular complexity index is 1000. The number of benzene rings is 2. The van der Waals surface area contributed by atoms with E-state index in [-0.39, 0.29) is 10.6 Å². The molecule has 8 heteroatoms. The lowest BCUT2D eigenvalue weighted by molar-refractivity contribution is 0.176. The molecule has 30 heavy (non-hydrogen) atoms. The average Bonchev–Trinajstić information content (AvgIpc) is 3.14. The van der Waals surface area contributed by atoms with Crippen LogP contribution in [0.3, 0.4) is 0 Å². The molecule has 162 valence electrons. The highest BCUT2D eigenvalue weighted by atomic mass is 32.1. The molecule has 0 aliphatic heterocycles. The first kappa shape index (κ1) is 22.5. The number of aliphatic hydroxyl groups is 1. The number of phenols is 1. The number of rotatable bonds is 12. The van der Waals surface area contributed by atoms with Gasteiger partial charge in [0.05, 0.1) is 10.8 Å². The van der Waals surface area contributed by atoms with Crippen molar-refractivity contribution in [2.75, 3.05) is 33.4 Å². The van der Waals surface area contributed by atoms with Gasteiger partial charge in [0.2, 0.25) is 0 Å². The molecule has 2 aromatic carbocycles. The highest BCUT2D eigenvalue weighted by molar-refractivity contribution is 7.16. The summed E-state index contributed by atoms with van der Waals surface area (Å²) in [5.74, 6) is 0.0142. The Morgan fingerprint density at radius 3 is 2.83 bits per heavy atom. The lowest BCUT2D eigenvalue weighted by Gasteiger charge is -2.14. The number of hydrogen-bond donors (Lipinski definition) is 5. The fraction of sp³-hybridized carbons (Fsp3) is 0.409. The van der Waals surface area contributed by atoms with Crippen molar-refractivity contribution < 1.29 is 14.9 Å². The second-order valence-electron chi connectivity index (χ2n) is 7.21. The van der Waals surface area contributed by atoms with Crippen LogP contribution in [0.1, 0.15) is 29.2 Å². The van der Waals surface area contributed by atoms with Gasteiger partial charge in [-0.05, 0) is 43.1 Å². The fourth-order valence-corrected chi connectivity index (χ4v) is 4.27. The summed E-state index contributed by atoms with van der Waals surface area (Å²) < 4.78 is 5.65. The number of aromatic nitrogens is 1. The predicted octanol–water partition coefficient (Wildman–Crippen LogP) is 2.29. The number of aliphatic hydroxyl groups excluding tert-OH is 1. The zero-order chi connectivity index (χ0) is 21.3. The summed E-state index contributed by atoms with van der Waals surface area (Å²) in [6.45, 7) is 3.63. The van der Waals surface area contributed by atoms with Gasteiger partial charge >= 0.3 is 4.87 Å². The van der Waals surface area contributed by atoms with Gasteiger partial charge in [0, 0.05) is 32.4 Å². The van der Waals surface area contributed by atoms with Crippen molar-refractivity contribution in [3.05, 3.63) is 62.8 Å². The normalized spacial score (nSPS) is 12.5. The van der Waals surface area contributed by atoms with Crippen LogP contribution in [0.2, 0.25) is 0 Å².